The molecule has 1 aliphatic heterocycles. The number of aliphatic imine (C=N–C) groups is 1. The van der Waals surface area contributed by atoms with Crippen molar-refractivity contribution in [2.24, 2.45) is 21.6 Å². The molecule has 3 aliphatic carbocycles. The maximum absolute atomic E-state index is 9.31. The monoisotopic (exact) mass is 398 g/mol. The summed E-state index contributed by atoms with van der Waals surface area (Å²) < 4.78 is 5.83. The molecule has 3 spiro atoms. The minimum atomic E-state index is -0.234. The van der Waals surface area contributed by atoms with Crippen molar-refractivity contribution in [3.63, 3.8) is 0 Å². The minimum absolute atomic E-state index is 0.0939. The molecule has 2 saturated carbocycles. The average molecular weight is 399 g/mol. The number of ether oxygens (including phenoxy) is 1. The van der Waals surface area contributed by atoms with Crippen molar-refractivity contribution in [3.8, 4) is 17.2 Å². The van der Waals surface area contributed by atoms with Gasteiger partial charge in [0.15, 0.2) is 5.96 Å². The first-order valence-corrected chi connectivity index (χ1v) is 10.7. The van der Waals surface area contributed by atoms with Gasteiger partial charge in [-0.1, -0.05) is 24.3 Å². The van der Waals surface area contributed by atoms with Crippen LogP contribution in [0.5, 0.6) is 0 Å². The topological polar surface area (TPSA) is 74.6 Å². The zero-order valence-electron chi connectivity index (χ0n) is 17.5. The Kier molecular flexibility index (Phi) is 3.38. The first kappa shape index (κ1) is 18.0. The highest BCUT2D eigenvalue weighted by Crippen LogP contribution is 2.89. The standard InChI is InChI=1S/C25H26N4O/c1-29-15-24-13-20(30-2)8-9-23(24)12-19-7-6-18(17-5-3-4-16(10-17)14-26)11-21(19)25(23,24)28-22(29)27/h3-7,10-11,20H,8-9,12-13,15H2,1-2H3,(H2,27,28). The lowest BCUT2D eigenvalue weighted by atomic mass is 9.73. The van der Waals surface area contributed by atoms with E-state index in [1.54, 1.807) is 0 Å². The summed E-state index contributed by atoms with van der Waals surface area (Å²) >= 11 is 0. The van der Waals surface area contributed by atoms with Gasteiger partial charge in [0.2, 0.25) is 0 Å². The Hall–Kier alpha value is -2.84. The lowest BCUT2D eigenvalue weighted by Gasteiger charge is -2.39. The number of methoxy groups -OCH3 is 1. The van der Waals surface area contributed by atoms with Crippen LogP contribution in [0.4, 0.5) is 0 Å². The number of nitrogens with two attached hydrogens (primary N) is 1. The van der Waals surface area contributed by atoms with Crippen molar-refractivity contribution in [1.82, 2.24) is 4.90 Å². The average Bonchev–Trinajstić information content (AvgIpc) is 3.14. The van der Waals surface area contributed by atoms with Crippen LogP contribution in [0.3, 0.4) is 0 Å². The van der Waals surface area contributed by atoms with Gasteiger partial charge in [0.05, 0.1) is 17.7 Å². The summed E-state index contributed by atoms with van der Waals surface area (Å²) in [6.45, 7) is 0.940. The lowest BCUT2D eigenvalue weighted by Crippen LogP contribution is -2.47. The summed E-state index contributed by atoms with van der Waals surface area (Å²) in [7, 11) is 3.89. The first-order chi connectivity index (χ1) is 14.5. The molecular weight excluding hydrogens is 372 g/mol. The SMILES string of the molecule is COC1CCC23Cc4ccc(-c5cccc(C#N)c5)cc4C24N=C(N)N(C)CC34C1. The predicted octanol–water partition coefficient (Wildman–Crippen LogP) is 3.42. The van der Waals surface area contributed by atoms with Gasteiger partial charge in [0.25, 0.3) is 0 Å². The van der Waals surface area contributed by atoms with Crippen LogP contribution in [0.1, 0.15) is 36.0 Å². The Labute approximate surface area is 177 Å². The van der Waals surface area contributed by atoms with E-state index in [-0.39, 0.29) is 16.4 Å². The Balaban J connectivity index is 1.53. The normalized spacial score (nSPS) is 35.4. The van der Waals surface area contributed by atoms with Crippen LogP contribution in [0.25, 0.3) is 11.1 Å². The quantitative estimate of drug-likeness (QED) is 0.841. The van der Waals surface area contributed by atoms with Crippen LogP contribution >= 0.6 is 0 Å². The predicted molar refractivity (Wildman–Crippen MR) is 116 cm³/mol. The Morgan fingerprint density at radius 1 is 1.20 bits per heavy atom. The molecule has 2 N–H and O–H groups in total. The minimum Gasteiger partial charge on any atom is -0.381 e. The molecule has 1 heterocycles. The number of fused-ring (bicyclic) bond motifs is 1. The number of hydrogen-bond donors (Lipinski definition) is 1. The Morgan fingerprint density at radius 3 is 2.83 bits per heavy atom. The van der Waals surface area contributed by atoms with Gasteiger partial charge in [-0.15, -0.1) is 0 Å². The van der Waals surface area contributed by atoms with Crippen LogP contribution < -0.4 is 5.73 Å². The third-order valence-corrected chi connectivity index (χ3v) is 8.54. The third-order valence-electron chi connectivity index (χ3n) is 8.54. The van der Waals surface area contributed by atoms with Gasteiger partial charge in [-0.25, -0.2) is 4.99 Å². The highest BCUT2D eigenvalue weighted by Gasteiger charge is 2.91. The molecule has 2 fully saturated rings. The summed E-state index contributed by atoms with van der Waals surface area (Å²) in [4.78, 5) is 7.38. The zero-order chi connectivity index (χ0) is 20.7. The van der Waals surface area contributed by atoms with Crippen molar-refractivity contribution < 1.29 is 4.74 Å². The Morgan fingerprint density at radius 2 is 2.03 bits per heavy atom. The molecule has 6 rings (SSSR count). The molecule has 152 valence electrons. The van der Waals surface area contributed by atoms with Crippen LogP contribution in [-0.4, -0.2) is 37.7 Å². The second-order valence-corrected chi connectivity index (χ2v) is 9.54. The second-order valence-electron chi connectivity index (χ2n) is 9.54. The summed E-state index contributed by atoms with van der Waals surface area (Å²) in [6.07, 6.45) is 4.62. The largest absolute Gasteiger partial charge is 0.381 e. The molecule has 4 aliphatic rings. The van der Waals surface area contributed by atoms with Gasteiger partial charge in [-0.2, -0.15) is 5.26 Å². The molecule has 0 radical (unpaired) electrons. The van der Waals surface area contributed by atoms with Gasteiger partial charge < -0.3 is 15.4 Å². The maximum Gasteiger partial charge on any atom is 0.191 e. The molecule has 0 saturated heterocycles. The van der Waals surface area contributed by atoms with Crippen molar-refractivity contribution in [2.75, 3.05) is 20.7 Å². The van der Waals surface area contributed by atoms with Crippen molar-refractivity contribution in [2.45, 2.75) is 37.3 Å². The summed E-state index contributed by atoms with van der Waals surface area (Å²) in [5.74, 6) is 0.646. The van der Waals surface area contributed by atoms with Crippen LogP contribution in [0.15, 0.2) is 47.5 Å². The number of nitrogens with zero attached hydrogens (tertiary/aromatic N) is 3. The molecule has 5 nitrogen and oxygen atoms in total. The van der Waals surface area contributed by atoms with E-state index in [0.29, 0.717) is 17.6 Å². The lowest BCUT2D eigenvalue weighted by molar-refractivity contribution is 0.0214. The van der Waals surface area contributed by atoms with Gasteiger partial charge >= 0.3 is 0 Å². The highest BCUT2D eigenvalue weighted by molar-refractivity contribution is 5.83. The van der Waals surface area contributed by atoms with E-state index in [1.807, 2.05) is 25.3 Å². The molecule has 2 aromatic rings. The zero-order valence-corrected chi connectivity index (χ0v) is 17.5. The molecule has 30 heavy (non-hydrogen) atoms. The van der Waals surface area contributed by atoms with E-state index >= 15 is 0 Å². The van der Waals surface area contributed by atoms with E-state index < -0.39 is 0 Å². The molecule has 4 unspecified atom stereocenters. The molecule has 0 aromatic heterocycles. The van der Waals surface area contributed by atoms with Gasteiger partial charge in [0.1, 0.15) is 5.54 Å². The summed E-state index contributed by atoms with van der Waals surface area (Å²) in [6, 6.07) is 16.9. The Bertz CT molecular complexity index is 1150. The van der Waals surface area contributed by atoms with Gasteiger partial charge in [-0.3, -0.25) is 0 Å². The fourth-order valence-electron chi connectivity index (χ4n) is 7.27. The van der Waals surface area contributed by atoms with E-state index in [0.717, 1.165) is 43.4 Å². The van der Waals surface area contributed by atoms with Gasteiger partial charge in [0, 0.05) is 31.5 Å². The van der Waals surface area contributed by atoms with Crippen molar-refractivity contribution in [3.05, 3.63) is 59.2 Å². The van der Waals surface area contributed by atoms with Crippen LogP contribution in [0.2, 0.25) is 0 Å². The van der Waals surface area contributed by atoms with Crippen LogP contribution in [-0.2, 0) is 16.7 Å². The van der Waals surface area contributed by atoms with E-state index in [1.165, 1.54) is 11.1 Å². The second kappa shape index (κ2) is 5.65. The molecular formula is C25H26N4O. The molecule has 0 bridgehead atoms. The number of hydrogen-bond acceptors (Lipinski definition) is 5. The molecule has 5 heteroatoms. The molecule has 4 atom stereocenters. The van der Waals surface area contributed by atoms with Gasteiger partial charge in [-0.05, 0) is 66.1 Å². The fraction of sp³-hybridized carbons (Fsp3) is 0.440. The summed E-state index contributed by atoms with van der Waals surface area (Å²) in [5, 5.41) is 9.31. The molecule has 0 amide bonds. The van der Waals surface area contributed by atoms with Crippen molar-refractivity contribution >= 4 is 5.96 Å². The smallest absolute Gasteiger partial charge is 0.191 e. The number of benzene rings is 2. The van der Waals surface area contributed by atoms with E-state index in [2.05, 4.69) is 42.3 Å². The first-order valence-electron chi connectivity index (χ1n) is 10.7. The number of rotatable bonds is 2. The van der Waals surface area contributed by atoms with Crippen LogP contribution in [0, 0.1) is 22.2 Å². The van der Waals surface area contributed by atoms with E-state index in [9.17, 15) is 5.26 Å². The number of guanidine groups is 1. The third kappa shape index (κ3) is 1.85. The maximum atomic E-state index is 9.31. The molecule has 2 aromatic carbocycles. The van der Waals surface area contributed by atoms with Crippen molar-refractivity contribution in [1.29, 1.82) is 5.26 Å². The van der Waals surface area contributed by atoms with E-state index in [4.69, 9.17) is 15.5 Å². The summed E-state index contributed by atoms with van der Waals surface area (Å²) in [5.41, 5.74) is 12.1. The fourth-order valence-corrected chi connectivity index (χ4v) is 7.27. The number of nitriles is 1. The highest BCUT2D eigenvalue weighted by atomic mass is 16.5.